The first-order valence-corrected chi connectivity index (χ1v) is 6.06. The van der Waals surface area contributed by atoms with Gasteiger partial charge in [-0.2, -0.15) is 5.26 Å². The first kappa shape index (κ1) is 17.2. The first-order chi connectivity index (χ1) is 8.62. The first-order valence-electron chi connectivity index (χ1n) is 6.06. The maximum Gasteiger partial charge on any atom is 0.330 e. The topological polar surface area (TPSA) is 76.4 Å². The van der Waals surface area contributed by atoms with Gasteiger partial charge >= 0.3 is 11.9 Å². The van der Waals surface area contributed by atoms with Crippen molar-refractivity contribution in [2.45, 2.75) is 58.2 Å². The average Bonchev–Trinajstić information content (AvgIpc) is 2.26. The zero-order chi connectivity index (χ0) is 15.1. The van der Waals surface area contributed by atoms with Crippen molar-refractivity contribution in [2.75, 3.05) is 0 Å². The zero-order valence-electron chi connectivity index (χ0n) is 12.0. The van der Waals surface area contributed by atoms with Crippen LogP contribution >= 0.6 is 0 Å². The Morgan fingerprint density at radius 1 is 1.16 bits per heavy atom. The van der Waals surface area contributed by atoms with Gasteiger partial charge in [-0.1, -0.05) is 6.58 Å². The van der Waals surface area contributed by atoms with Crippen LogP contribution in [0.3, 0.4) is 0 Å². The molecular weight excluding hydrogens is 246 g/mol. The molecule has 0 aliphatic rings. The van der Waals surface area contributed by atoms with E-state index in [1.165, 1.54) is 0 Å². The standard InChI is InChI=1S/C14H21NO4/c1-6-11(16)18-13(2,3)8-9-14(4,5)19-12(17)7-10-15/h6H,1,7-9H2,2-5H3. The number of hydrogen-bond donors (Lipinski definition) is 0. The number of esters is 2. The molecule has 0 heterocycles. The summed E-state index contributed by atoms with van der Waals surface area (Å²) in [5.41, 5.74) is -1.37. The third-order valence-electron chi connectivity index (χ3n) is 2.49. The van der Waals surface area contributed by atoms with Crippen LogP contribution in [0, 0.1) is 11.3 Å². The molecule has 0 bridgehead atoms. The largest absolute Gasteiger partial charge is 0.459 e. The summed E-state index contributed by atoms with van der Waals surface area (Å²) < 4.78 is 10.4. The van der Waals surface area contributed by atoms with Crippen molar-refractivity contribution in [1.29, 1.82) is 5.26 Å². The summed E-state index contributed by atoms with van der Waals surface area (Å²) in [6.07, 6.45) is 1.89. The molecular formula is C14H21NO4. The molecule has 0 aliphatic heterocycles. The normalized spacial score (nSPS) is 11.3. The number of rotatable bonds is 7. The Kier molecular flexibility index (Phi) is 6.26. The minimum Gasteiger partial charge on any atom is -0.459 e. The monoisotopic (exact) mass is 267 g/mol. The van der Waals surface area contributed by atoms with Crippen LogP contribution < -0.4 is 0 Å². The minimum atomic E-state index is -0.703. The van der Waals surface area contributed by atoms with Crippen LogP contribution in [-0.4, -0.2) is 23.1 Å². The van der Waals surface area contributed by atoms with Gasteiger partial charge in [-0.25, -0.2) is 4.79 Å². The average molecular weight is 267 g/mol. The van der Waals surface area contributed by atoms with Gasteiger partial charge in [0.05, 0.1) is 6.07 Å². The Morgan fingerprint density at radius 2 is 1.63 bits per heavy atom. The molecule has 0 saturated carbocycles. The van der Waals surface area contributed by atoms with E-state index in [-0.39, 0.29) is 6.42 Å². The molecule has 0 aromatic heterocycles. The van der Waals surface area contributed by atoms with Crippen LogP contribution in [0.2, 0.25) is 0 Å². The van der Waals surface area contributed by atoms with Gasteiger partial charge < -0.3 is 9.47 Å². The fourth-order valence-electron chi connectivity index (χ4n) is 1.43. The Balaban J connectivity index is 4.36. The second-order valence-electron chi connectivity index (χ2n) is 5.45. The second kappa shape index (κ2) is 6.93. The zero-order valence-corrected chi connectivity index (χ0v) is 12.0. The van der Waals surface area contributed by atoms with E-state index in [4.69, 9.17) is 14.7 Å². The van der Waals surface area contributed by atoms with Crippen molar-refractivity contribution < 1.29 is 19.1 Å². The summed E-state index contributed by atoms with van der Waals surface area (Å²) in [6.45, 7) is 10.4. The molecule has 0 saturated heterocycles. The Bertz CT molecular complexity index is 391. The Labute approximate surface area is 114 Å². The van der Waals surface area contributed by atoms with Crippen LogP contribution in [0.15, 0.2) is 12.7 Å². The maximum atomic E-state index is 11.3. The van der Waals surface area contributed by atoms with Gasteiger partial charge in [-0.15, -0.1) is 0 Å². The van der Waals surface area contributed by atoms with Crippen LogP contribution in [-0.2, 0) is 19.1 Å². The van der Waals surface area contributed by atoms with Crippen molar-refractivity contribution in [3.8, 4) is 6.07 Å². The van der Waals surface area contributed by atoms with Gasteiger partial charge in [0.2, 0.25) is 0 Å². The third kappa shape index (κ3) is 7.98. The molecule has 0 spiro atoms. The molecule has 5 nitrogen and oxygen atoms in total. The summed E-state index contributed by atoms with van der Waals surface area (Å²) in [4.78, 5) is 22.4. The highest BCUT2D eigenvalue weighted by Gasteiger charge is 2.29. The molecule has 5 heteroatoms. The van der Waals surface area contributed by atoms with Gasteiger partial charge in [0, 0.05) is 6.08 Å². The number of nitriles is 1. The lowest BCUT2D eigenvalue weighted by Crippen LogP contribution is -2.34. The lowest BCUT2D eigenvalue weighted by molar-refractivity contribution is -0.160. The van der Waals surface area contributed by atoms with E-state index in [1.54, 1.807) is 33.8 Å². The molecule has 0 aromatic rings. The molecule has 106 valence electrons. The summed E-state index contributed by atoms with van der Waals surface area (Å²) in [6, 6.07) is 1.74. The quantitative estimate of drug-likeness (QED) is 0.523. The van der Waals surface area contributed by atoms with E-state index in [0.717, 1.165) is 6.08 Å². The molecule has 0 aromatic carbocycles. The highest BCUT2D eigenvalue weighted by Crippen LogP contribution is 2.25. The molecule has 0 atom stereocenters. The van der Waals surface area contributed by atoms with Crippen molar-refractivity contribution in [2.24, 2.45) is 0 Å². The predicted octanol–water partition coefficient (Wildman–Crippen LogP) is 2.51. The van der Waals surface area contributed by atoms with Crippen LogP contribution in [0.25, 0.3) is 0 Å². The van der Waals surface area contributed by atoms with Crippen molar-refractivity contribution in [3.63, 3.8) is 0 Å². The summed E-state index contributed by atoms with van der Waals surface area (Å²) in [7, 11) is 0. The SMILES string of the molecule is C=CC(=O)OC(C)(C)CCC(C)(C)OC(=O)CC#N. The number of hydrogen-bond acceptors (Lipinski definition) is 5. The number of ether oxygens (including phenoxy) is 2. The van der Waals surface area contributed by atoms with E-state index in [1.807, 2.05) is 0 Å². The lowest BCUT2D eigenvalue weighted by atomic mass is 9.93. The van der Waals surface area contributed by atoms with E-state index < -0.39 is 23.1 Å². The highest BCUT2D eigenvalue weighted by molar-refractivity contribution is 5.81. The van der Waals surface area contributed by atoms with Crippen molar-refractivity contribution >= 4 is 11.9 Å². The summed E-state index contributed by atoms with van der Waals surface area (Å²) in [5.74, 6) is -1.03. The molecule has 19 heavy (non-hydrogen) atoms. The van der Waals surface area contributed by atoms with E-state index in [9.17, 15) is 9.59 Å². The van der Waals surface area contributed by atoms with E-state index >= 15 is 0 Å². The molecule has 0 rings (SSSR count). The summed E-state index contributed by atoms with van der Waals surface area (Å²) >= 11 is 0. The number of nitrogens with zero attached hydrogens (tertiary/aromatic N) is 1. The molecule has 0 aliphatic carbocycles. The summed E-state index contributed by atoms with van der Waals surface area (Å²) in [5, 5.41) is 8.40. The predicted molar refractivity (Wildman–Crippen MR) is 70.0 cm³/mol. The minimum absolute atomic E-state index is 0.266. The lowest BCUT2D eigenvalue weighted by Gasteiger charge is -2.30. The van der Waals surface area contributed by atoms with Gasteiger partial charge in [0.25, 0.3) is 0 Å². The maximum absolute atomic E-state index is 11.3. The molecule has 0 fully saturated rings. The van der Waals surface area contributed by atoms with Crippen LogP contribution in [0.4, 0.5) is 0 Å². The Morgan fingerprint density at radius 3 is 2.05 bits per heavy atom. The molecule has 0 radical (unpaired) electrons. The smallest absolute Gasteiger partial charge is 0.330 e. The van der Waals surface area contributed by atoms with Crippen molar-refractivity contribution in [3.05, 3.63) is 12.7 Å². The van der Waals surface area contributed by atoms with Crippen molar-refractivity contribution in [1.82, 2.24) is 0 Å². The highest BCUT2D eigenvalue weighted by atomic mass is 16.6. The molecule has 0 unspecified atom stereocenters. The van der Waals surface area contributed by atoms with Gasteiger partial charge in [-0.05, 0) is 40.5 Å². The molecule has 0 N–H and O–H groups in total. The molecule has 0 amide bonds. The van der Waals surface area contributed by atoms with E-state index in [0.29, 0.717) is 12.8 Å². The fourth-order valence-corrected chi connectivity index (χ4v) is 1.43. The van der Waals surface area contributed by atoms with Gasteiger partial charge in [0.15, 0.2) is 0 Å². The number of carbonyl (C=O) groups excluding carboxylic acids is 2. The van der Waals surface area contributed by atoms with Crippen LogP contribution in [0.5, 0.6) is 0 Å². The Hall–Kier alpha value is -1.83. The third-order valence-corrected chi connectivity index (χ3v) is 2.49. The fraction of sp³-hybridized carbons (Fsp3) is 0.643. The van der Waals surface area contributed by atoms with Crippen LogP contribution in [0.1, 0.15) is 47.0 Å². The van der Waals surface area contributed by atoms with Gasteiger partial charge in [-0.3, -0.25) is 4.79 Å². The van der Waals surface area contributed by atoms with Gasteiger partial charge in [0.1, 0.15) is 17.6 Å². The van der Waals surface area contributed by atoms with E-state index in [2.05, 4.69) is 6.58 Å². The second-order valence-corrected chi connectivity index (χ2v) is 5.45. The number of carbonyl (C=O) groups is 2.